The lowest BCUT2D eigenvalue weighted by molar-refractivity contribution is -0.145. The van der Waals surface area contributed by atoms with Crippen LogP contribution in [-0.4, -0.2) is 75.6 Å². The lowest BCUT2D eigenvalue weighted by Gasteiger charge is -2.31. The van der Waals surface area contributed by atoms with Gasteiger partial charge in [0.2, 0.25) is 0 Å². The number of carbonyl (C=O) groups excluding carboxylic acids is 2. The second-order valence-electron chi connectivity index (χ2n) is 8.44. The van der Waals surface area contributed by atoms with Crippen molar-refractivity contribution in [2.45, 2.75) is 33.0 Å². The summed E-state index contributed by atoms with van der Waals surface area (Å²) in [7, 11) is 5.31. The van der Waals surface area contributed by atoms with Crippen LogP contribution in [0.2, 0.25) is 0 Å². The van der Waals surface area contributed by atoms with E-state index in [2.05, 4.69) is 36.6 Å². The zero-order valence-corrected chi connectivity index (χ0v) is 21.1. The highest BCUT2D eigenvalue weighted by Gasteiger charge is 2.26. The van der Waals surface area contributed by atoms with Crippen LogP contribution in [0.3, 0.4) is 0 Å². The van der Waals surface area contributed by atoms with Crippen LogP contribution in [0.4, 0.5) is 5.69 Å². The van der Waals surface area contributed by atoms with E-state index in [1.54, 1.807) is 24.1 Å². The molecule has 0 unspecified atom stereocenters. The van der Waals surface area contributed by atoms with Crippen LogP contribution >= 0.6 is 0 Å². The number of carbonyl (C=O) groups is 2. The first-order chi connectivity index (χ1) is 16.4. The molecule has 2 N–H and O–H groups in total. The minimum absolute atomic E-state index is 0.0782. The molecule has 8 nitrogen and oxygen atoms in total. The van der Waals surface area contributed by atoms with Crippen molar-refractivity contribution in [3.8, 4) is 5.75 Å². The first-order valence-corrected chi connectivity index (χ1v) is 11.7. The Balaban J connectivity index is 0.000000440. The van der Waals surface area contributed by atoms with Gasteiger partial charge in [-0.15, -0.1) is 0 Å². The minimum atomic E-state index is -0.0782. The molecule has 186 valence electrons. The van der Waals surface area contributed by atoms with Gasteiger partial charge in [0.1, 0.15) is 12.0 Å². The van der Waals surface area contributed by atoms with E-state index >= 15 is 0 Å². The molecule has 0 bridgehead atoms. The van der Waals surface area contributed by atoms with E-state index in [1.807, 2.05) is 48.5 Å². The Morgan fingerprint density at radius 1 is 1.09 bits per heavy atom. The number of fused-ring (bicyclic) bond motifs is 1. The highest BCUT2D eigenvalue weighted by Crippen LogP contribution is 2.28. The van der Waals surface area contributed by atoms with Crippen molar-refractivity contribution in [2.75, 3.05) is 52.3 Å². The number of anilines is 1. The lowest BCUT2D eigenvalue weighted by atomic mass is 10.1. The van der Waals surface area contributed by atoms with Crippen LogP contribution in [-0.2, 0) is 22.7 Å². The molecule has 0 atom stereocenters. The molecule has 1 amide bonds. The molecule has 0 aliphatic carbocycles. The number of para-hydroxylation sites is 2. The van der Waals surface area contributed by atoms with Gasteiger partial charge in [0.25, 0.3) is 5.91 Å². The van der Waals surface area contributed by atoms with Crippen LogP contribution in [0.5, 0.6) is 5.75 Å². The summed E-state index contributed by atoms with van der Waals surface area (Å²) >= 11 is 0. The van der Waals surface area contributed by atoms with Gasteiger partial charge < -0.3 is 25.1 Å². The Morgan fingerprint density at radius 3 is 2.26 bits per heavy atom. The summed E-state index contributed by atoms with van der Waals surface area (Å²) in [4.78, 5) is 25.7. The third-order valence-corrected chi connectivity index (χ3v) is 5.58. The fourth-order valence-electron chi connectivity index (χ4n) is 3.67. The quantitative estimate of drug-likeness (QED) is 0.386. The van der Waals surface area contributed by atoms with E-state index in [-0.39, 0.29) is 19.0 Å². The van der Waals surface area contributed by atoms with Crippen LogP contribution < -0.4 is 20.3 Å². The number of aldehydes is 1. The van der Waals surface area contributed by atoms with E-state index in [1.165, 1.54) is 11.1 Å². The van der Waals surface area contributed by atoms with E-state index in [4.69, 9.17) is 4.74 Å². The minimum Gasteiger partial charge on any atom is -0.495 e. The average molecular weight is 470 g/mol. The number of nitrogens with zero attached hydrogens (tertiary/aromatic N) is 3. The number of rotatable bonds is 11. The molecule has 0 fully saturated rings. The Morgan fingerprint density at radius 2 is 1.71 bits per heavy atom. The fourth-order valence-corrected chi connectivity index (χ4v) is 3.67. The fraction of sp³-hybridized carbons (Fsp3) is 0.462. The largest absolute Gasteiger partial charge is 0.495 e. The molecule has 2 aromatic carbocycles. The van der Waals surface area contributed by atoms with E-state index in [0.29, 0.717) is 24.9 Å². The molecule has 0 saturated heterocycles. The van der Waals surface area contributed by atoms with Gasteiger partial charge in [-0.1, -0.05) is 50.2 Å². The molecule has 0 spiro atoms. The van der Waals surface area contributed by atoms with Gasteiger partial charge in [-0.2, -0.15) is 0 Å². The van der Waals surface area contributed by atoms with Crippen LogP contribution in [0.25, 0.3) is 0 Å². The van der Waals surface area contributed by atoms with Crippen LogP contribution in [0, 0.1) is 0 Å². The Bertz CT molecular complexity index is 881. The highest BCUT2D eigenvalue weighted by molar-refractivity contribution is 5.83. The third-order valence-electron chi connectivity index (χ3n) is 5.58. The smallest absolute Gasteiger partial charge is 0.256 e. The summed E-state index contributed by atoms with van der Waals surface area (Å²) in [6, 6.07) is 16.2. The molecular formula is C26H39N5O3. The highest BCUT2D eigenvalue weighted by atomic mass is 16.5. The number of hydrogen-bond donors (Lipinski definition) is 2. The Labute approximate surface area is 203 Å². The number of ether oxygens (including phenoxy) is 1. The van der Waals surface area contributed by atoms with Crippen molar-refractivity contribution in [1.29, 1.82) is 0 Å². The predicted octanol–water partition coefficient (Wildman–Crippen LogP) is 2.29. The molecule has 2 aromatic rings. The second kappa shape index (κ2) is 14.3. The van der Waals surface area contributed by atoms with Crippen molar-refractivity contribution >= 4 is 17.9 Å². The van der Waals surface area contributed by atoms with Gasteiger partial charge in [0.15, 0.2) is 0 Å². The molecule has 1 heterocycles. The Kier molecular flexibility index (Phi) is 11.5. The maximum atomic E-state index is 12.8. The number of likely N-dealkylation sites (N-methyl/N-ethyl adjacent to an activating group) is 2. The normalized spacial score (nSPS) is 12.5. The van der Waals surface area contributed by atoms with Gasteiger partial charge in [-0.05, 0) is 30.3 Å². The molecule has 1 aliphatic heterocycles. The number of amides is 1. The zero-order valence-electron chi connectivity index (χ0n) is 21.1. The first-order valence-electron chi connectivity index (χ1n) is 11.7. The van der Waals surface area contributed by atoms with Crippen molar-refractivity contribution < 1.29 is 14.3 Å². The van der Waals surface area contributed by atoms with Gasteiger partial charge >= 0.3 is 0 Å². The summed E-state index contributed by atoms with van der Waals surface area (Å²) in [6.45, 7) is 8.06. The van der Waals surface area contributed by atoms with E-state index in [0.717, 1.165) is 25.1 Å². The average Bonchev–Trinajstić information content (AvgIpc) is 3.28. The van der Waals surface area contributed by atoms with Crippen molar-refractivity contribution in [1.82, 2.24) is 20.7 Å². The van der Waals surface area contributed by atoms with E-state index in [9.17, 15) is 9.59 Å². The number of nitrogens with one attached hydrogen (secondary N) is 2. The van der Waals surface area contributed by atoms with Crippen molar-refractivity contribution in [2.24, 2.45) is 0 Å². The Hall–Kier alpha value is -2.94. The number of benzene rings is 2. The maximum absolute atomic E-state index is 12.8. The van der Waals surface area contributed by atoms with Gasteiger partial charge in [-0.3, -0.25) is 9.80 Å². The molecule has 0 saturated carbocycles. The standard InChI is InChI=1S/C20H23N3O3.C6H16N2/c1-21(23-13-16-7-3-4-8-17(16)14-23)20(25)15-22(11-12-24)18-9-5-6-10-19(18)26-2;1-6(2)8-5-4-7-3/h3-10,12H,11,13-15H2,1-2H3;6-8H,4-5H2,1-3H3. The number of hydrazine groups is 1. The molecular weight excluding hydrogens is 430 g/mol. The molecule has 3 rings (SSSR count). The predicted molar refractivity (Wildman–Crippen MR) is 137 cm³/mol. The molecule has 0 radical (unpaired) electrons. The summed E-state index contributed by atoms with van der Waals surface area (Å²) in [5, 5.41) is 10.00. The molecule has 1 aliphatic rings. The third kappa shape index (κ3) is 8.13. The summed E-state index contributed by atoms with van der Waals surface area (Å²) in [5.41, 5.74) is 3.21. The van der Waals surface area contributed by atoms with Gasteiger partial charge in [0.05, 0.1) is 25.9 Å². The lowest BCUT2D eigenvalue weighted by Crippen LogP contribution is -2.46. The molecule has 34 heavy (non-hydrogen) atoms. The van der Waals surface area contributed by atoms with Gasteiger partial charge in [0, 0.05) is 39.3 Å². The zero-order chi connectivity index (χ0) is 24.9. The summed E-state index contributed by atoms with van der Waals surface area (Å²) in [5.74, 6) is 0.559. The first kappa shape index (κ1) is 27.3. The second-order valence-corrected chi connectivity index (χ2v) is 8.44. The van der Waals surface area contributed by atoms with Crippen LogP contribution in [0.15, 0.2) is 48.5 Å². The topological polar surface area (TPSA) is 77.1 Å². The summed E-state index contributed by atoms with van der Waals surface area (Å²) < 4.78 is 5.36. The van der Waals surface area contributed by atoms with Crippen molar-refractivity contribution in [3.05, 3.63) is 59.7 Å². The summed E-state index contributed by atoms with van der Waals surface area (Å²) in [6.07, 6.45) is 0.797. The van der Waals surface area contributed by atoms with E-state index < -0.39 is 0 Å². The number of methoxy groups -OCH3 is 1. The SMILES string of the molecule is CNCCNC(C)C.COc1ccccc1N(CC=O)CC(=O)N(C)N1Cc2ccccc2C1. The van der Waals surface area contributed by atoms with Crippen LogP contribution in [0.1, 0.15) is 25.0 Å². The molecule has 8 heteroatoms. The number of hydrogen-bond acceptors (Lipinski definition) is 7. The monoisotopic (exact) mass is 469 g/mol. The maximum Gasteiger partial charge on any atom is 0.256 e. The van der Waals surface area contributed by atoms with Crippen molar-refractivity contribution in [3.63, 3.8) is 0 Å². The molecule has 0 aromatic heterocycles. The van der Waals surface area contributed by atoms with Gasteiger partial charge in [-0.25, -0.2) is 5.01 Å².